The Morgan fingerprint density at radius 2 is 1.86 bits per heavy atom. The molecule has 0 amide bonds. The number of benzene rings is 2. The number of aromatic nitrogens is 3. The second-order valence-corrected chi connectivity index (χ2v) is 9.35. The molecule has 5 rings (SSSR count). The summed E-state index contributed by atoms with van der Waals surface area (Å²) in [6, 6.07) is 17.3. The van der Waals surface area contributed by atoms with Crippen molar-refractivity contribution in [3.8, 4) is 11.1 Å². The number of aliphatic hydroxyl groups excluding tert-OH is 2. The second-order valence-electron chi connectivity index (χ2n) is 8.92. The molecular weight excluding hydrogens is 492 g/mol. The minimum absolute atomic E-state index is 0.0539. The van der Waals surface area contributed by atoms with Crippen molar-refractivity contribution in [2.45, 2.75) is 6.23 Å². The fourth-order valence-corrected chi connectivity index (χ4v) is 4.75. The molecule has 1 aliphatic rings. The van der Waals surface area contributed by atoms with Crippen LogP contribution in [0.5, 0.6) is 0 Å². The second kappa shape index (κ2) is 11.9. The maximum absolute atomic E-state index is 11.1. The van der Waals surface area contributed by atoms with Gasteiger partial charge in [0.25, 0.3) is 0 Å². The van der Waals surface area contributed by atoms with E-state index in [2.05, 4.69) is 26.3 Å². The maximum Gasteiger partial charge on any atom is 0.168 e. The van der Waals surface area contributed by atoms with Crippen molar-refractivity contribution < 1.29 is 14.9 Å². The number of fused-ring (bicyclic) bond motifs is 1. The van der Waals surface area contributed by atoms with Crippen molar-refractivity contribution in [2.24, 2.45) is 0 Å². The predicted octanol–water partition coefficient (Wildman–Crippen LogP) is 3.28. The van der Waals surface area contributed by atoms with Crippen molar-refractivity contribution in [2.75, 3.05) is 62.8 Å². The van der Waals surface area contributed by atoms with Crippen LogP contribution in [-0.4, -0.2) is 82.3 Å². The average molecular weight is 523 g/mol. The van der Waals surface area contributed by atoms with Gasteiger partial charge in [0, 0.05) is 49.5 Å². The Balaban J connectivity index is 1.29. The Labute approximate surface area is 220 Å². The molecule has 9 nitrogen and oxygen atoms in total. The molecule has 1 unspecified atom stereocenters. The molecule has 0 aliphatic carbocycles. The summed E-state index contributed by atoms with van der Waals surface area (Å²) in [5.41, 5.74) is 4.80. The highest BCUT2D eigenvalue weighted by molar-refractivity contribution is 6.30. The fourth-order valence-electron chi connectivity index (χ4n) is 4.56. The van der Waals surface area contributed by atoms with E-state index in [1.54, 1.807) is 23.0 Å². The molecule has 10 heteroatoms. The molecule has 4 aromatic rings. The summed E-state index contributed by atoms with van der Waals surface area (Å²) in [6.45, 7) is 5.50. The third-order valence-electron chi connectivity index (χ3n) is 6.50. The van der Waals surface area contributed by atoms with Crippen LogP contribution in [-0.2, 0) is 4.74 Å². The van der Waals surface area contributed by atoms with Gasteiger partial charge in [0.15, 0.2) is 11.9 Å². The third-order valence-corrected chi connectivity index (χ3v) is 6.74. The van der Waals surface area contributed by atoms with Gasteiger partial charge in [-0.25, -0.2) is 9.50 Å². The SMILES string of the molecule is OCCOCCN1CCN(c2ccccc2NC(O)c2ccn3ncc(-c4cccc(Cl)c4)c3n2)CC1. The largest absolute Gasteiger partial charge is 0.394 e. The van der Waals surface area contributed by atoms with Gasteiger partial charge in [-0.1, -0.05) is 35.9 Å². The summed E-state index contributed by atoms with van der Waals surface area (Å²) in [6.07, 6.45) is 2.55. The van der Waals surface area contributed by atoms with Crippen LogP contribution in [0.3, 0.4) is 0 Å². The van der Waals surface area contributed by atoms with E-state index in [4.69, 9.17) is 26.4 Å². The molecule has 3 N–H and O–H groups in total. The van der Waals surface area contributed by atoms with Crippen molar-refractivity contribution in [1.82, 2.24) is 19.5 Å². The van der Waals surface area contributed by atoms with Gasteiger partial charge in [-0.15, -0.1) is 0 Å². The van der Waals surface area contributed by atoms with E-state index in [1.807, 2.05) is 42.5 Å². The van der Waals surface area contributed by atoms with Crippen molar-refractivity contribution in [1.29, 1.82) is 0 Å². The number of hydrogen-bond acceptors (Lipinski definition) is 8. The number of aliphatic hydroxyl groups is 2. The molecule has 2 aromatic heterocycles. The topological polar surface area (TPSA) is 98.4 Å². The summed E-state index contributed by atoms with van der Waals surface area (Å²) in [4.78, 5) is 9.41. The smallest absolute Gasteiger partial charge is 0.168 e. The first-order valence-corrected chi connectivity index (χ1v) is 12.8. The monoisotopic (exact) mass is 522 g/mol. The molecule has 0 bridgehead atoms. The molecule has 0 spiro atoms. The molecule has 0 radical (unpaired) electrons. The Bertz CT molecular complexity index is 1320. The van der Waals surface area contributed by atoms with E-state index in [0.717, 1.165) is 55.2 Å². The van der Waals surface area contributed by atoms with Crippen LogP contribution in [0.15, 0.2) is 67.0 Å². The quantitative estimate of drug-likeness (QED) is 0.216. The summed E-state index contributed by atoms with van der Waals surface area (Å²) in [7, 11) is 0. The Morgan fingerprint density at radius 3 is 2.68 bits per heavy atom. The lowest BCUT2D eigenvalue weighted by Gasteiger charge is -2.37. The molecular formula is C27H31ClN6O3. The molecule has 3 heterocycles. The van der Waals surface area contributed by atoms with E-state index in [1.165, 1.54) is 0 Å². The average Bonchev–Trinajstić information content (AvgIpc) is 3.35. The highest BCUT2D eigenvalue weighted by Gasteiger charge is 2.21. The number of piperazine rings is 1. The lowest BCUT2D eigenvalue weighted by molar-refractivity contribution is 0.0724. The minimum atomic E-state index is -1.00. The van der Waals surface area contributed by atoms with Crippen LogP contribution in [0, 0.1) is 0 Å². The predicted molar refractivity (Wildman–Crippen MR) is 145 cm³/mol. The zero-order chi connectivity index (χ0) is 25.6. The molecule has 1 saturated heterocycles. The molecule has 1 fully saturated rings. The van der Waals surface area contributed by atoms with Gasteiger partial charge in [-0.3, -0.25) is 4.90 Å². The van der Waals surface area contributed by atoms with Gasteiger partial charge in [-0.05, 0) is 35.9 Å². The molecule has 1 atom stereocenters. The van der Waals surface area contributed by atoms with Crippen LogP contribution >= 0.6 is 11.6 Å². The number of para-hydroxylation sites is 2. The molecule has 0 saturated carbocycles. The minimum Gasteiger partial charge on any atom is -0.394 e. The lowest BCUT2D eigenvalue weighted by Crippen LogP contribution is -2.47. The Kier molecular flexibility index (Phi) is 8.18. The Hall–Kier alpha value is -3.21. The first-order chi connectivity index (χ1) is 18.1. The van der Waals surface area contributed by atoms with E-state index >= 15 is 0 Å². The number of nitrogens with zero attached hydrogens (tertiary/aromatic N) is 5. The van der Waals surface area contributed by atoms with Gasteiger partial charge in [0.2, 0.25) is 0 Å². The number of ether oxygens (including phenoxy) is 1. The zero-order valence-corrected chi connectivity index (χ0v) is 21.3. The number of rotatable bonds is 10. The fraction of sp³-hybridized carbons (Fsp3) is 0.333. The van der Waals surface area contributed by atoms with Crippen LogP contribution < -0.4 is 10.2 Å². The first-order valence-electron chi connectivity index (χ1n) is 12.4. The van der Waals surface area contributed by atoms with Gasteiger partial charge < -0.3 is 25.2 Å². The normalized spacial score (nSPS) is 15.3. The lowest BCUT2D eigenvalue weighted by atomic mass is 10.1. The van der Waals surface area contributed by atoms with Crippen molar-refractivity contribution in [3.05, 3.63) is 77.7 Å². The molecule has 37 heavy (non-hydrogen) atoms. The first kappa shape index (κ1) is 25.4. The summed E-state index contributed by atoms with van der Waals surface area (Å²) >= 11 is 6.19. The number of anilines is 2. The van der Waals surface area contributed by atoms with Crippen molar-refractivity contribution >= 4 is 28.6 Å². The Morgan fingerprint density at radius 1 is 1.03 bits per heavy atom. The van der Waals surface area contributed by atoms with E-state index < -0.39 is 6.23 Å². The van der Waals surface area contributed by atoms with Gasteiger partial charge in [0.1, 0.15) is 0 Å². The summed E-state index contributed by atoms with van der Waals surface area (Å²) in [5.74, 6) is 0. The van der Waals surface area contributed by atoms with Gasteiger partial charge >= 0.3 is 0 Å². The molecule has 2 aromatic carbocycles. The van der Waals surface area contributed by atoms with E-state index in [-0.39, 0.29) is 6.61 Å². The van der Waals surface area contributed by atoms with Crippen LogP contribution in [0.1, 0.15) is 11.9 Å². The summed E-state index contributed by atoms with van der Waals surface area (Å²) < 4.78 is 7.09. The number of nitrogens with one attached hydrogen (secondary N) is 1. The van der Waals surface area contributed by atoms with E-state index in [9.17, 15) is 5.11 Å². The highest BCUT2D eigenvalue weighted by Crippen LogP contribution is 2.30. The van der Waals surface area contributed by atoms with Crippen LogP contribution in [0.4, 0.5) is 11.4 Å². The zero-order valence-electron chi connectivity index (χ0n) is 20.5. The van der Waals surface area contributed by atoms with Crippen LogP contribution in [0.2, 0.25) is 5.02 Å². The standard InChI is InChI=1S/C27H31ClN6O3/c28-21-5-3-4-20(18-21)22-19-29-34-9-8-24(30-26(22)34)27(36)31-23-6-1-2-7-25(23)33-12-10-32(11-13-33)14-16-37-17-15-35/h1-9,18-19,27,31,35-36H,10-17H2. The van der Waals surface area contributed by atoms with Gasteiger partial charge in [0.05, 0.1) is 43.1 Å². The number of hydrogen-bond donors (Lipinski definition) is 3. The molecule has 194 valence electrons. The van der Waals surface area contributed by atoms with Crippen molar-refractivity contribution in [3.63, 3.8) is 0 Å². The van der Waals surface area contributed by atoms with Gasteiger partial charge in [-0.2, -0.15) is 5.10 Å². The summed E-state index contributed by atoms with van der Waals surface area (Å²) in [5, 5.41) is 28.2. The maximum atomic E-state index is 11.1. The highest BCUT2D eigenvalue weighted by atomic mass is 35.5. The molecule has 1 aliphatic heterocycles. The third kappa shape index (κ3) is 6.03. The number of halogens is 1. The van der Waals surface area contributed by atoms with Crippen LogP contribution in [0.25, 0.3) is 16.8 Å². The van der Waals surface area contributed by atoms with E-state index in [0.29, 0.717) is 29.6 Å².